The van der Waals surface area contributed by atoms with Gasteiger partial charge in [0.25, 0.3) is 0 Å². The largest absolute Gasteiger partial charge is 0.337 e. The van der Waals surface area contributed by atoms with E-state index in [2.05, 4.69) is 52.1 Å². The van der Waals surface area contributed by atoms with E-state index in [-0.39, 0.29) is 0 Å². The highest BCUT2D eigenvalue weighted by Crippen LogP contribution is 2.20. The first-order valence-corrected chi connectivity index (χ1v) is 9.72. The van der Waals surface area contributed by atoms with Crippen LogP contribution < -0.4 is 5.32 Å². The van der Waals surface area contributed by atoms with E-state index in [0.717, 1.165) is 47.3 Å². The molecule has 132 valence electrons. The van der Waals surface area contributed by atoms with E-state index < -0.39 is 0 Å². The Morgan fingerprint density at radius 3 is 2.64 bits per heavy atom. The molecule has 0 saturated carbocycles. The molecule has 1 heterocycles. The minimum absolute atomic E-state index is 0.580. The molecule has 1 aromatic carbocycles. The lowest BCUT2D eigenvalue weighted by molar-refractivity contribution is -0.107. The van der Waals surface area contributed by atoms with Crippen LogP contribution in [0.4, 0.5) is 0 Å². The number of carbonyl (C=O) groups excluding carboxylic acids is 1. The number of benzene rings is 1. The Bertz CT molecular complexity index is 769. The molecule has 0 saturated heterocycles. The molecule has 5 heteroatoms. The molecule has 1 aromatic heterocycles. The van der Waals surface area contributed by atoms with Gasteiger partial charge in [-0.2, -0.15) is 0 Å². The van der Waals surface area contributed by atoms with Gasteiger partial charge in [0, 0.05) is 11.8 Å². The molecule has 0 fully saturated rings. The average Bonchev–Trinajstić information content (AvgIpc) is 3.09. The number of carbonyl (C=O) groups is 1. The van der Waals surface area contributed by atoms with Crippen molar-refractivity contribution >= 4 is 29.8 Å². The monoisotopic (exact) mass is 372 g/mol. The second kappa shape index (κ2) is 10.9. The number of aromatic nitrogens is 1. The van der Waals surface area contributed by atoms with E-state index in [1.807, 2.05) is 13.1 Å². The molecule has 0 amide bonds. The van der Waals surface area contributed by atoms with Crippen molar-refractivity contribution in [3.05, 3.63) is 63.0 Å². The second-order valence-corrected chi connectivity index (χ2v) is 7.29. The van der Waals surface area contributed by atoms with Gasteiger partial charge in [-0.3, -0.25) is 0 Å². The van der Waals surface area contributed by atoms with Gasteiger partial charge in [-0.15, -0.1) is 11.3 Å². The number of hydrogen-bond acceptors (Lipinski definition) is 4. The summed E-state index contributed by atoms with van der Waals surface area (Å²) >= 11 is 6.64. The van der Waals surface area contributed by atoms with Crippen LogP contribution in [0.15, 0.2) is 53.4 Å². The Kier molecular flexibility index (Phi) is 8.52. The molecule has 0 spiro atoms. The highest BCUT2D eigenvalue weighted by atomic mass is 32.1. The molecule has 25 heavy (non-hydrogen) atoms. The quantitative estimate of drug-likeness (QED) is 0.548. The lowest BCUT2D eigenvalue weighted by Crippen LogP contribution is -2.10. The van der Waals surface area contributed by atoms with Gasteiger partial charge in [0.2, 0.25) is 0 Å². The Balaban J connectivity index is 0.000000212. The van der Waals surface area contributed by atoms with Crippen molar-refractivity contribution < 1.29 is 4.79 Å². The fourth-order valence-corrected chi connectivity index (χ4v) is 3.30. The number of thiazole rings is 1. The average molecular weight is 373 g/mol. The van der Waals surface area contributed by atoms with Gasteiger partial charge in [0.05, 0.1) is 5.69 Å². The number of likely N-dealkylation sites (N-methyl/N-ethyl adjacent to an activating group) is 1. The summed E-state index contributed by atoms with van der Waals surface area (Å²) in [5.74, 6) is 0. The van der Waals surface area contributed by atoms with Gasteiger partial charge in [-0.25, -0.2) is 0 Å². The third-order valence-electron chi connectivity index (χ3n) is 3.84. The Hall–Kier alpha value is -1.82. The Morgan fingerprint density at radius 1 is 1.28 bits per heavy atom. The number of nitrogens with one attached hydrogen (secondary N) is 2. The Labute approximate surface area is 158 Å². The maximum atomic E-state index is 10.00. The van der Waals surface area contributed by atoms with E-state index in [1.54, 1.807) is 11.3 Å². The van der Waals surface area contributed by atoms with Crippen molar-refractivity contribution in [2.45, 2.75) is 25.7 Å². The zero-order valence-electron chi connectivity index (χ0n) is 14.5. The summed E-state index contributed by atoms with van der Waals surface area (Å²) in [5, 5.41) is 5.21. The second-order valence-electron chi connectivity index (χ2n) is 5.74. The number of aldehydes is 1. The van der Waals surface area contributed by atoms with E-state index in [0.29, 0.717) is 6.42 Å². The fourth-order valence-electron chi connectivity index (χ4n) is 2.46. The van der Waals surface area contributed by atoms with Crippen molar-refractivity contribution in [3.8, 4) is 11.3 Å². The summed E-state index contributed by atoms with van der Waals surface area (Å²) in [4.78, 5) is 13.2. The van der Waals surface area contributed by atoms with Gasteiger partial charge in [0.1, 0.15) is 6.29 Å². The lowest BCUT2D eigenvalue weighted by Gasteiger charge is -2.02. The molecule has 2 N–H and O–H groups in total. The standard InChI is InChI=1S/C12H14N2S2.C8H10O/c1-13-7-6-9-2-4-10(5-3-9)11-8-16-12(15)14-11;9-7-6-8-4-2-1-3-5-8/h2-5,8,13H,6-7H2,1H3,(H,14,15);2,4-5,7H,1,3,6H2. The van der Waals surface area contributed by atoms with E-state index >= 15 is 0 Å². The summed E-state index contributed by atoms with van der Waals surface area (Å²) in [5.41, 5.74) is 4.82. The van der Waals surface area contributed by atoms with Gasteiger partial charge >= 0.3 is 0 Å². The zero-order valence-corrected chi connectivity index (χ0v) is 16.1. The van der Waals surface area contributed by atoms with Crippen molar-refractivity contribution in [1.82, 2.24) is 10.3 Å². The number of aromatic amines is 1. The van der Waals surface area contributed by atoms with Gasteiger partial charge in [-0.05, 0) is 61.8 Å². The first-order chi connectivity index (χ1) is 12.2. The van der Waals surface area contributed by atoms with Crippen molar-refractivity contribution in [2.75, 3.05) is 13.6 Å². The third-order valence-corrected chi connectivity index (χ3v) is 4.90. The van der Waals surface area contributed by atoms with Crippen molar-refractivity contribution in [1.29, 1.82) is 0 Å². The molecular weight excluding hydrogens is 348 g/mol. The van der Waals surface area contributed by atoms with Crippen LogP contribution >= 0.6 is 23.6 Å². The zero-order chi connectivity index (χ0) is 17.9. The minimum atomic E-state index is 0.580. The number of allylic oxidation sites excluding steroid dienone is 4. The molecular formula is C20H24N2OS2. The van der Waals surface area contributed by atoms with Gasteiger partial charge < -0.3 is 15.1 Å². The first kappa shape index (κ1) is 19.5. The predicted octanol–water partition coefficient (Wildman–Crippen LogP) is 5.09. The van der Waals surface area contributed by atoms with Gasteiger partial charge in [0.15, 0.2) is 3.95 Å². The highest BCUT2D eigenvalue weighted by molar-refractivity contribution is 7.73. The normalized spacial score (nSPS) is 12.9. The number of hydrogen-bond donors (Lipinski definition) is 2. The van der Waals surface area contributed by atoms with Crippen LogP contribution in [0.2, 0.25) is 0 Å². The molecule has 1 aliphatic carbocycles. The van der Waals surface area contributed by atoms with Crippen LogP contribution in [0.1, 0.15) is 24.8 Å². The van der Waals surface area contributed by atoms with E-state index in [9.17, 15) is 4.79 Å². The number of H-pyrrole nitrogens is 1. The van der Waals surface area contributed by atoms with E-state index in [4.69, 9.17) is 12.2 Å². The smallest absolute Gasteiger partial charge is 0.158 e. The molecule has 1 aliphatic rings. The number of rotatable bonds is 6. The molecule has 3 rings (SSSR count). The highest BCUT2D eigenvalue weighted by Gasteiger charge is 1.99. The van der Waals surface area contributed by atoms with Crippen LogP contribution in [0.25, 0.3) is 11.3 Å². The Morgan fingerprint density at radius 2 is 2.08 bits per heavy atom. The van der Waals surface area contributed by atoms with E-state index in [1.165, 1.54) is 11.1 Å². The van der Waals surface area contributed by atoms with Crippen LogP contribution in [-0.4, -0.2) is 24.9 Å². The molecule has 3 nitrogen and oxygen atoms in total. The van der Waals surface area contributed by atoms with Gasteiger partial charge in [-0.1, -0.05) is 42.5 Å². The topological polar surface area (TPSA) is 44.9 Å². The summed E-state index contributed by atoms with van der Waals surface area (Å²) in [6.45, 7) is 1.01. The van der Waals surface area contributed by atoms with Crippen LogP contribution in [0.5, 0.6) is 0 Å². The minimum Gasteiger partial charge on any atom is -0.337 e. The molecule has 0 unspecified atom stereocenters. The summed E-state index contributed by atoms with van der Waals surface area (Å²) in [6.07, 6.45) is 11.1. The van der Waals surface area contributed by atoms with Crippen LogP contribution in [0.3, 0.4) is 0 Å². The third kappa shape index (κ3) is 6.90. The maximum absolute atomic E-state index is 10.00. The predicted molar refractivity (Wildman–Crippen MR) is 110 cm³/mol. The molecule has 0 bridgehead atoms. The summed E-state index contributed by atoms with van der Waals surface area (Å²) in [7, 11) is 1.97. The molecule has 0 atom stereocenters. The molecule has 0 radical (unpaired) electrons. The summed E-state index contributed by atoms with van der Waals surface area (Å²) in [6, 6.07) is 8.61. The summed E-state index contributed by atoms with van der Waals surface area (Å²) < 4.78 is 0.828. The SMILES string of the molecule is CNCCc1ccc(-c2csc(=S)[nH]2)cc1.O=CCC1=CCCC=C1. The fraction of sp³-hybridized carbons (Fsp3) is 0.300. The van der Waals surface area contributed by atoms with Crippen molar-refractivity contribution in [3.63, 3.8) is 0 Å². The van der Waals surface area contributed by atoms with Crippen LogP contribution in [0, 0.1) is 3.95 Å². The lowest BCUT2D eigenvalue weighted by atomic mass is 10.1. The van der Waals surface area contributed by atoms with Crippen molar-refractivity contribution in [2.24, 2.45) is 0 Å². The maximum Gasteiger partial charge on any atom is 0.158 e. The first-order valence-electron chi connectivity index (χ1n) is 8.44. The van der Waals surface area contributed by atoms with Crippen LogP contribution in [-0.2, 0) is 11.2 Å². The molecule has 0 aliphatic heterocycles. The molecule has 2 aromatic rings.